The third kappa shape index (κ3) is 2.81. The molecule has 1 fully saturated rings. The van der Waals surface area contributed by atoms with E-state index in [9.17, 15) is 18.0 Å². The molecule has 0 spiro atoms. The second-order valence-corrected chi connectivity index (χ2v) is 3.97. The largest absolute Gasteiger partial charge is 0.454 e. The number of hydrogen-bond acceptors (Lipinski definition) is 3. The minimum atomic E-state index is -4.82. The van der Waals surface area contributed by atoms with Crippen molar-refractivity contribution in [1.82, 2.24) is 0 Å². The van der Waals surface area contributed by atoms with Gasteiger partial charge in [-0.25, -0.2) is 0 Å². The fourth-order valence-electron chi connectivity index (χ4n) is 1.81. The van der Waals surface area contributed by atoms with Crippen LogP contribution in [0.5, 0.6) is 0 Å². The van der Waals surface area contributed by atoms with Gasteiger partial charge in [-0.3, -0.25) is 4.79 Å². The van der Waals surface area contributed by atoms with Gasteiger partial charge in [-0.1, -0.05) is 0 Å². The standard InChI is InChI=1S/C12H12F3NO2/c13-12(14,15)11(17)9-1-3-10(4-2-9)16-5-7-18-8-6-16/h1-4H,5-8H2. The molecular weight excluding hydrogens is 247 g/mol. The Labute approximate surface area is 102 Å². The first-order valence-electron chi connectivity index (χ1n) is 5.53. The molecule has 0 amide bonds. The summed E-state index contributed by atoms with van der Waals surface area (Å²) in [6.45, 7) is 2.60. The summed E-state index contributed by atoms with van der Waals surface area (Å²) in [6, 6.07) is 5.48. The summed E-state index contributed by atoms with van der Waals surface area (Å²) in [7, 11) is 0. The van der Waals surface area contributed by atoms with Gasteiger partial charge in [0.05, 0.1) is 13.2 Å². The quantitative estimate of drug-likeness (QED) is 0.763. The third-order valence-corrected chi connectivity index (χ3v) is 2.76. The number of alkyl halides is 3. The second-order valence-electron chi connectivity index (χ2n) is 3.97. The number of rotatable bonds is 2. The number of anilines is 1. The van der Waals surface area contributed by atoms with E-state index in [0.29, 0.717) is 26.3 Å². The van der Waals surface area contributed by atoms with Gasteiger partial charge in [0, 0.05) is 24.3 Å². The molecule has 6 heteroatoms. The Hall–Kier alpha value is -1.56. The van der Waals surface area contributed by atoms with Gasteiger partial charge in [-0.05, 0) is 24.3 Å². The maximum absolute atomic E-state index is 12.2. The van der Waals surface area contributed by atoms with E-state index in [2.05, 4.69) is 0 Å². The molecule has 0 unspecified atom stereocenters. The van der Waals surface area contributed by atoms with Crippen LogP contribution in [0.25, 0.3) is 0 Å². The molecule has 0 radical (unpaired) electrons. The summed E-state index contributed by atoms with van der Waals surface area (Å²) in [5.74, 6) is -1.81. The molecule has 2 rings (SSSR count). The van der Waals surface area contributed by atoms with Crippen LogP contribution in [-0.2, 0) is 4.74 Å². The van der Waals surface area contributed by atoms with Gasteiger partial charge in [-0.15, -0.1) is 0 Å². The maximum Gasteiger partial charge on any atom is 0.454 e. The zero-order valence-electron chi connectivity index (χ0n) is 9.54. The van der Waals surface area contributed by atoms with Crippen LogP contribution in [0.4, 0.5) is 18.9 Å². The highest BCUT2D eigenvalue weighted by molar-refractivity contribution is 6.00. The topological polar surface area (TPSA) is 29.5 Å². The van der Waals surface area contributed by atoms with Crippen molar-refractivity contribution in [3.8, 4) is 0 Å². The molecular formula is C12H12F3NO2. The molecule has 0 N–H and O–H groups in total. The predicted molar refractivity (Wildman–Crippen MR) is 59.9 cm³/mol. The molecule has 1 saturated heterocycles. The first-order chi connectivity index (χ1) is 8.48. The Morgan fingerprint density at radius 1 is 1.11 bits per heavy atom. The van der Waals surface area contributed by atoms with Crippen LogP contribution in [-0.4, -0.2) is 38.3 Å². The van der Waals surface area contributed by atoms with Crippen LogP contribution in [0.1, 0.15) is 10.4 Å². The summed E-state index contributed by atoms with van der Waals surface area (Å²) in [5.41, 5.74) is 0.469. The lowest BCUT2D eigenvalue weighted by Crippen LogP contribution is -2.36. The maximum atomic E-state index is 12.2. The Morgan fingerprint density at radius 2 is 1.67 bits per heavy atom. The van der Waals surface area contributed by atoms with Crippen molar-refractivity contribution in [1.29, 1.82) is 0 Å². The number of halogens is 3. The lowest BCUT2D eigenvalue weighted by Gasteiger charge is -2.28. The van der Waals surface area contributed by atoms with Crippen LogP contribution >= 0.6 is 0 Å². The zero-order chi connectivity index (χ0) is 13.2. The fourth-order valence-corrected chi connectivity index (χ4v) is 1.81. The molecule has 98 valence electrons. The average Bonchev–Trinajstić information content (AvgIpc) is 2.38. The van der Waals surface area contributed by atoms with Crippen molar-refractivity contribution in [2.75, 3.05) is 31.2 Å². The highest BCUT2D eigenvalue weighted by Crippen LogP contribution is 2.23. The highest BCUT2D eigenvalue weighted by Gasteiger charge is 2.39. The Balaban J connectivity index is 2.12. The SMILES string of the molecule is O=C(c1ccc(N2CCOCC2)cc1)C(F)(F)F. The van der Waals surface area contributed by atoms with Gasteiger partial charge < -0.3 is 9.64 Å². The molecule has 18 heavy (non-hydrogen) atoms. The number of morpholine rings is 1. The third-order valence-electron chi connectivity index (χ3n) is 2.76. The number of hydrogen-bond donors (Lipinski definition) is 0. The number of ketones is 1. The van der Waals surface area contributed by atoms with Crippen molar-refractivity contribution >= 4 is 11.5 Å². The molecule has 0 aromatic heterocycles. The smallest absolute Gasteiger partial charge is 0.378 e. The van der Waals surface area contributed by atoms with Gasteiger partial charge in [-0.2, -0.15) is 13.2 Å². The number of carbonyl (C=O) groups excluding carboxylic acids is 1. The summed E-state index contributed by atoms with van der Waals surface area (Å²) in [4.78, 5) is 13.0. The Kier molecular flexibility index (Phi) is 3.56. The van der Waals surface area contributed by atoms with Crippen LogP contribution < -0.4 is 4.90 Å². The van der Waals surface area contributed by atoms with E-state index in [-0.39, 0.29) is 5.56 Å². The van der Waals surface area contributed by atoms with E-state index in [1.165, 1.54) is 24.3 Å². The van der Waals surface area contributed by atoms with E-state index in [0.717, 1.165) is 5.69 Å². The minimum Gasteiger partial charge on any atom is -0.378 e. The van der Waals surface area contributed by atoms with Crippen molar-refractivity contribution in [2.24, 2.45) is 0 Å². The average molecular weight is 259 g/mol. The Bertz CT molecular complexity index is 422. The summed E-state index contributed by atoms with van der Waals surface area (Å²) in [5, 5.41) is 0. The molecule has 0 aliphatic carbocycles. The summed E-state index contributed by atoms with van der Waals surface area (Å²) >= 11 is 0. The molecule has 1 aliphatic heterocycles. The first kappa shape index (κ1) is 12.9. The number of benzene rings is 1. The van der Waals surface area contributed by atoms with E-state index in [1.807, 2.05) is 4.90 Å². The number of carbonyl (C=O) groups is 1. The lowest BCUT2D eigenvalue weighted by atomic mass is 10.1. The lowest BCUT2D eigenvalue weighted by molar-refractivity contribution is -0.0885. The van der Waals surface area contributed by atoms with Gasteiger partial charge in [0.25, 0.3) is 5.78 Å². The van der Waals surface area contributed by atoms with Crippen molar-refractivity contribution in [2.45, 2.75) is 6.18 Å². The Morgan fingerprint density at radius 3 is 2.17 bits per heavy atom. The fraction of sp³-hybridized carbons (Fsp3) is 0.417. The van der Waals surface area contributed by atoms with Crippen LogP contribution in [0.3, 0.4) is 0 Å². The van der Waals surface area contributed by atoms with Crippen LogP contribution in [0.2, 0.25) is 0 Å². The number of nitrogens with zero attached hydrogens (tertiary/aromatic N) is 1. The van der Waals surface area contributed by atoms with E-state index in [1.54, 1.807) is 0 Å². The zero-order valence-corrected chi connectivity index (χ0v) is 9.54. The summed E-state index contributed by atoms with van der Waals surface area (Å²) < 4.78 is 41.8. The van der Waals surface area contributed by atoms with Crippen LogP contribution in [0, 0.1) is 0 Å². The van der Waals surface area contributed by atoms with Crippen molar-refractivity contribution in [3.63, 3.8) is 0 Å². The first-order valence-corrected chi connectivity index (χ1v) is 5.53. The molecule has 1 aliphatic rings. The predicted octanol–water partition coefficient (Wildman–Crippen LogP) is 2.27. The van der Waals surface area contributed by atoms with E-state index >= 15 is 0 Å². The van der Waals surface area contributed by atoms with Crippen LogP contribution in [0.15, 0.2) is 24.3 Å². The molecule has 0 saturated carbocycles. The highest BCUT2D eigenvalue weighted by atomic mass is 19.4. The molecule has 0 bridgehead atoms. The van der Waals surface area contributed by atoms with Gasteiger partial charge in [0.15, 0.2) is 0 Å². The normalized spacial score (nSPS) is 16.7. The van der Waals surface area contributed by atoms with Gasteiger partial charge in [0.2, 0.25) is 0 Å². The van der Waals surface area contributed by atoms with E-state index in [4.69, 9.17) is 4.74 Å². The number of ether oxygens (including phenoxy) is 1. The molecule has 1 heterocycles. The minimum absolute atomic E-state index is 0.334. The molecule has 0 atom stereocenters. The summed E-state index contributed by atoms with van der Waals surface area (Å²) in [6.07, 6.45) is -4.82. The molecule has 1 aromatic carbocycles. The second kappa shape index (κ2) is 4.97. The monoisotopic (exact) mass is 259 g/mol. The van der Waals surface area contributed by atoms with Gasteiger partial charge >= 0.3 is 6.18 Å². The van der Waals surface area contributed by atoms with E-state index < -0.39 is 12.0 Å². The van der Waals surface area contributed by atoms with Gasteiger partial charge in [0.1, 0.15) is 0 Å². The number of Topliss-reactive ketones (excluding diaryl/α,β-unsaturated/α-hetero) is 1. The molecule has 1 aromatic rings. The van der Waals surface area contributed by atoms with Crippen molar-refractivity contribution in [3.05, 3.63) is 29.8 Å². The molecule has 3 nitrogen and oxygen atoms in total. The van der Waals surface area contributed by atoms with Crippen molar-refractivity contribution < 1.29 is 22.7 Å².